The molecule has 0 saturated carbocycles. The predicted octanol–water partition coefficient (Wildman–Crippen LogP) is 4.84. The molecule has 0 spiro atoms. The Hall–Kier alpha value is -1.98. The Bertz CT molecular complexity index is 877. The summed E-state index contributed by atoms with van der Waals surface area (Å²) in [6.07, 6.45) is 3.50. The molecule has 2 heterocycles. The molecule has 0 bridgehead atoms. The van der Waals surface area contributed by atoms with E-state index in [1.807, 2.05) is 45.0 Å². The summed E-state index contributed by atoms with van der Waals surface area (Å²) in [6, 6.07) is 7.62. The molecule has 0 saturated heterocycles. The first-order valence-electron chi connectivity index (χ1n) is 7.72. The van der Waals surface area contributed by atoms with Gasteiger partial charge in [0.2, 0.25) is 5.91 Å². The van der Waals surface area contributed by atoms with Crippen molar-refractivity contribution < 1.29 is 4.79 Å². The summed E-state index contributed by atoms with van der Waals surface area (Å²) in [5.41, 5.74) is 2.88. The number of hydrogen-bond acceptors (Lipinski definition) is 4. The first-order valence-corrected chi connectivity index (χ1v) is 8.92. The Kier molecular flexibility index (Phi) is 4.83. The summed E-state index contributed by atoms with van der Waals surface area (Å²) in [5.74, 6) is -0.0694. The highest BCUT2D eigenvalue weighted by atomic mass is 35.5. The van der Waals surface area contributed by atoms with Crippen molar-refractivity contribution in [3.05, 3.63) is 52.8 Å². The lowest BCUT2D eigenvalue weighted by Gasteiger charge is -2.21. The molecule has 3 aromatic rings. The average molecular weight is 360 g/mol. The van der Waals surface area contributed by atoms with Crippen molar-refractivity contribution in [1.82, 2.24) is 9.97 Å². The van der Waals surface area contributed by atoms with Crippen molar-refractivity contribution in [1.29, 1.82) is 0 Å². The third kappa shape index (κ3) is 3.42. The van der Waals surface area contributed by atoms with Gasteiger partial charge in [-0.2, -0.15) is 0 Å². The number of aromatic nitrogens is 2. The van der Waals surface area contributed by atoms with Gasteiger partial charge in [-0.3, -0.25) is 14.7 Å². The summed E-state index contributed by atoms with van der Waals surface area (Å²) in [5, 5.41) is 1.38. The van der Waals surface area contributed by atoms with E-state index in [2.05, 4.69) is 4.98 Å². The van der Waals surface area contributed by atoms with E-state index in [9.17, 15) is 4.79 Å². The van der Waals surface area contributed by atoms with Crippen LogP contribution in [0.5, 0.6) is 0 Å². The first-order chi connectivity index (χ1) is 11.5. The zero-order valence-electron chi connectivity index (χ0n) is 13.8. The SMILES string of the molecule is Cc1cc(Cl)cc2sc(N(Cc3cccnc3)C(=O)C(C)C)nc12. The summed E-state index contributed by atoms with van der Waals surface area (Å²) in [4.78, 5) is 23.3. The molecule has 24 heavy (non-hydrogen) atoms. The van der Waals surface area contributed by atoms with Gasteiger partial charge in [0.1, 0.15) is 0 Å². The van der Waals surface area contributed by atoms with Crippen LogP contribution < -0.4 is 4.90 Å². The van der Waals surface area contributed by atoms with Crippen molar-refractivity contribution in [2.24, 2.45) is 5.92 Å². The number of anilines is 1. The van der Waals surface area contributed by atoms with Gasteiger partial charge in [-0.1, -0.05) is 42.9 Å². The Morgan fingerprint density at radius 2 is 2.17 bits per heavy atom. The summed E-state index contributed by atoms with van der Waals surface area (Å²) in [7, 11) is 0. The molecular formula is C18H18ClN3OS. The molecule has 124 valence electrons. The van der Waals surface area contributed by atoms with Gasteiger partial charge in [0, 0.05) is 23.3 Å². The first kappa shape index (κ1) is 16.9. The van der Waals surface area contributed by atoms with Crippen molar-refractivity contribution in [3.63, 3.8) is 0 Å². The van der Waals surface area contributed by atoms with E-state index in [1.165, 1.54) is 11.3 Å². The number of hydrogen-bond donors (Lipinski definition) is 0. The number of pyridine rings is 1. The molecule has 4 nitrogen and oxygen atoms in total. The van der Waals surface area contributed by atoms with E-state index < -0.39 is 0 Å². The fraction of sp³-hybridized carbons (Fsp3) is 0.278. The summed E-state index contributed by atoms with van der Waals surface area (Å²) < 4.78 is 0.989. The van der Waals surface area contributed by atoms with Gasteiger partial charge in [0.05, 0.1) is 16.8 Å². The van der Waals surface area contributed by atoms with Gasteiger partial charge < -0.3 is 0 Å². The van der Waals surface area contributed by atoms with Crippen molar-refractivity contribution >= 4 is 44.2 Å². The van der Waals surface area contributed by atoms with E-state index in [-0.39, 0.29) is 11.8 Å². The molecule has 0 aliphatic rings. The lowest BCUT2D eigenvalue weighted by atomic mass is 10.2. The highest BCUT2D eigenvalue weighted by Gasteiger charge is 2.23. The molecule has 0 aliphatic heterocycles. The Morgan fingerprint density at radius 3 is 2.83 bits per heavy atom. The monoisotopic (exact) mass is 359 g/mol. The second-order valence-electron chi connectivity index (χ2n) is 6.01. The smallest absolute Gasteiger partial charge is 0.231 e. The third-order valence-electron chi connectivity index (χ3n) is 3.69. The lowest BCUT2D eigenvalue weighted by molar-refractivity contribution is -0.121. The van der Waals surface area contributed by atoms with Gasteiger partial charge in [-0.05, 0) is 36.2 Å². The van der Waals surface area contributed by atoms with Crippen LogP contribution in [0.1, 0.15) is 25.0 Å². The fourth-order valence-electron chi connectivity index (χ4n) is 2.48. The van der Waals surface area contributed by atoms with Crippen molar-refractivity contribution in [2.75, 3.05) is 4.90 Å². The van der Waals surface area contributed by atoms with Gasteiger partial charge in [0.15, 0.2) is 5.13 Å². The number of benzene rings is 1. The molecule has 1 aromatic carbocycles. The van der Waals surface area contributed by atoms with Crippen molar-refractivity contribution in [2.45, 2.75) is 27.3 Å². The van der Waals surface area contributed by atoms with E-state index in [1.54, 1.807) is 17.3 Å². The van der Waals surface area contributed by atoms with Gasteiger partial charge in [0.25, 0.3) is 0 Å². The third-order valence-corrected chi connectivity index (χ3v) is 4.94. The highest BCUT2D eigenvalue weighted by molar-refractivity contribution is 7.22. The van der Waals surface area contributed by atoms with Crippen LogP contribution in [0.4, 0.5) is 5.13 Å². The second-order valence-corrected chi connectivity index (χ2v) is 7.45. The standard InChI is InChI=1S/C18H18ClN3OS/c1-11(2)17(23)22(10-13-5-4-6-20-9-13)18-21-16-12(3)7-14(19)8-15(16)24-18/h4-9,11H,10H2,1-3H3. The van der Waals surface area contributed by atoms with E-state index in [4.69, 9.17) is 16.6 Å². The minimum Gasteiger partial charge on any atom is -0.283 e. The quantitative estimate of drug-likeness (QED) is 0.669. The number of rotatable bonds is 4. The molecule has 1 amide bonds. The lowest BCUT2D eigenvalue weighted by Crippen LogP contribution is -2.33. The maximum Gasteiger partial charge on any atom is 0.231 e. The molecule has 6 heteroatoms. The van der Waals surface area contributed by atoms with Crippen LogP contribution >= 0.6 is 22.9 Å². The molecule has 0 fully saturated rings. The number of amides is 1. The molecule has 3 rings (SSSR count). The minimum absolute atomic E-state index is 0.0432. The Balaban J connectivity index is 2.05. The average Bonchev–Trinajstić information content (AvgIpc) is 2.96. The topological polar surface area (TPSA) is 46.1 Å². The van der Waals surface area contributed by atoms with Gasteiger partial charge in [-0.25, -0.2) is 4.98 Å². The number of carbonyl (C=O) groups is 1. The Morgan fingerprint density at radius 1 is 1.38 bits per heavy atom. The Labute approximate surface area is 150 Å². The molecule has 0 N–H and O–H groups in total. The molecule has 0 aliphatic carbocycles. The van der Waals surface area contributed by atoms with Crippen LogP contribution in [0.3, 0.4) is 0 Å². The second kappa shape index (κ2) is 6.87. The zero-order valence-corrected chi connectivity index (χ0v) is 15.4. The highest BCUT2D eigenvalue weighted by Crippen LogP contribution is 2.34. The molecule has 0 radical (unpaired) electrons. The number of thiazole rings is 1. The molecule has 0 atom stereocenters. The fourth-order valence-corrected chi connectivity index (χ4v) is 3.91. The van der Waals surface area contributed by atoms with Crippen LogP contribution in [0, 0.1) is 12.8 Å². The van der Waals surface area contributed by atoms with Crippen LogP contribution in [0.15, 0.2) is 36.7 Å². The van der Waals surface area contributed by atoms with E-state index in [0.717, 1.165) is 21.3 Å². The number of aryl methyl sites for hydroxylation is 1. The van der Waals surface area contributed by atoms with Crippen LogP contribution in [0.25, 0.3) is 10.2 Å². The molecular weight excluding hydrogens is 342 g/mol. The van der Waals surface area contributed by atoms with Crippen LogP contribution in [-0.4, -0.2) is 15.9 Å². The number of halogens is 1. The number of carbonyl (C=O) groups excluding carboxylic acids is 1. The predicted molar refractivity (Wildman–Crippen MR) is 99.6 cm³/mol. The van der Waals surface area contributed by atoms with Crippen LogP contribution in [-0.2, 0) is 11.3 Å². The molecule has 2 aromatic heterocycles. The number of nitrogens with zero attached hydrogens (tertiary/aromatic N) is 3. The minimum atomic E-state index is -0.113. The normalized spacial score (nSPS) is 11.2. The number of fused-ring (bicyclic) bond motifs is 1. The maximum absolute atomic E-state index is 12.7. The molecule has 0 unspecified atom stereocenters. The van der Waals surface area contributed by atoms with Gasteiger partial charge in [-0.15, -0.1) is 0 Å². The largest absolute Gasteiger partial charge is 0.283 e. The zero-order chi connectivity index (χ0) is 17.3. The summed E-state index contributed by atoms with van der Waals surface area (Å²) in [6.45, 7) is 6.23. The van der Waals surface area contributed by atoms with E-state index >= 15 is 0 Å². The van der Waals surface area contributed by atoms with Crippen LogP contribution in [0.2, 0.25) is 5.02 Å². The van der Waals surface area contributed by atoms with Gasteiger partial charge >= 0.3 is 0 Å². The maximum atomic E-state index is 12.7. The summed E-state index contributed by atoms with van der Waals surface area (Å²) >= 11 is 7.63. The van der Waals surface area contributed by atoms with E-state index in [0.29, 0.717) is 16.7 Å². The van der Waals surface area contributed by atoms with Crippen molar-refractivity contribution in [3.8, 4) is 0 Å².